The number of aromatic nitrogens is 2. The molecule has 6 nitrogen and oxygen atoms in total. The number of amides is 1. The molecule has 0 radical (unpaired) electrons. The van der Waals surface area contributed by atoms with E-state index in [1.54, 1.807) is 17.2 Å². The van der Waals surface area contributed by atoms with Crippen molar-refractivity contribution >= 4 is 11.6 Å². The van der Waals surface area contributed by atoms with E-state index in [1.165, 1.54) is 10.6 Å². The van der Waals surface area contributed by atoms with Gasteiger partial charge in [-0.3, -0.25) is 14.0 Å². The molecule has 2 aromatic rings. The van der Waals surface area contributed by atoms with E-state index in [0.717, 1.165) is 31.7 Å². The summed E-state index contributed by atoms with van der Waals surface area (Å²) in [6.45, 7) is 5.29. The summed E-state index contributed by atoms with van der Waals surface area (Å²) in [5.41, 5.74) is 1.40. The number of aryl methyl sites for hydroxylation is 1. The van der Waals surface area contributed by atoms with E-state index in [-0.39, 0.29) is 17.0 Å². The molecule has 2 aliphatic rings. The van der Waals surface area contributed by atoms with E-state index >= 15 is 0 Å². The molecule has 6 heteroatoms. The van der Waals surface area contributed by atoms with Crippen LogP contribution in [0.25, 0.3) is 5.65 Å². The third-order valence-electron chi connectivity index (χ3n) is 4.76. The van der Waals surface area contributed by atoms with Gasteiger partial charge >= 0.3 is 0 Å². The van der Waals surface area contributed by atoms with Crippen molar-refractivity contribution in [3.63, 3.8) is 0 Å². The van der Waals surface area contributed by atoms with Crippen LogP contribution in [0.2, 0.25) is 0 Å². The van der Waals surface area contributed by atoms with Crippen molar-refractivity contribution in [2.45, 2.75) is 6.92 Å². The lowest BCUT2D eigenvalue weighted by Crippen LogP contribution is -2.36. The van der Waals surface area contributed by atoms with Gasteiger partial charge in [-0.25, -0.2) is 4.98 Å². The predicted octanol–water partition coefficient (Wildman–Crippen LogP) is 0.294. The van der Waals surface area contributed by atoms with Gasteiger partial charge in [0.15, 0.2) is 0 Å². The lowest BCUT2D eigenvalue weighted by atomic mass is 10.0. The maximum absolute atomic E-state index is 12.7. The fourth-order valence-electron chi connectivity index (χ4n) is 3.52. The Hall–Kier alpha value is -2.21. The number of carbonyl (C=O) groups excluding carboxylic acids is 1. The molecule has 4 heterocycles. The van der Waals surface area contributed by atoms with Crippen LogP contribution in [0.5, 0.6) is 0 Å². The predicted molar refractivity (Wildman–Crippen MR) is 82.0 cm³/mol. The van der Waals surface area contributed by atoms with E-state index in [9.17, 15) is 9.59 Å². The minimum Gasteiger partial charge on any atom is -0.338 e. The third-order valence-corrected chi connectivity index (χ3v) is 4.76. The molecule has 0 saturated carbocycles. The monoisotopic (exact) mass is 298 g/mol. The second-order valence-corrected chi connectivity index (χ2v) is 6.30. The highest BCUT2D eigenvalue weighted by molar-refractivity contribution is 5.94. The Morgan fingerprint density at radius 3 is 2.73 bits per heavy atom. The molecule has 2 fully saturated rings. The van der Waals surface area contributed by atoms with Gasteiger partial charge in [0.25, 0.3) is 11.5 Å². The fourth-order valence-corrected chi connectivity index (χ4v) is 3.52. The van der Waals surface area contributed by atoms with E-state index < -0.39 is 0 Å². The van der Waals surface area contributed by atoms with Gasteiger partial charge in [0.2, 0.25) is 0 Å². The lowest BCUT2D eigenvalue weighted by molar-refractivity contribution is 0.0779. The number of carbonyl (C=O) groups is 1. The highest BCUT2D eigenvalue weighted by atomic mass is 16.2. The van der Waals surface area contributed by atoms with Crippen LogP contribution in [-0.2, 0) is 0 Å². The van der Waals surface area contributed by atoms with Gasteiger partial charge in [-0.05, 0) is 30.4 Å². The normalized spacial score (nSPS) is 24.0. The van der Waals surface area contributed by atoms with Crippen molar-refractivity contribution in [2.24, 2.45) is 11.8 Å². The van der Waals surface area contributed by atoms with Crippen LogP contribution in [0.1, 0.15) is 15.9 Å². The van der Waals surface area contributed by atoms with E-state index in [4.69, 9.17) is 0 Å². The molecule has 0 aromatic carbocycles. The first-order valence-corrected chi connectivity index (χ1v) is 7.61. The molecule has 4 rings (SSSR count). The van der Waals surface area contributed by atoms with Crippen LogP contribution in [0.3, 0.4) is 0 Å². The minimum atomic E-state index is -0.283. The number of hydrogen-bond acceptors (Lipinski definition) is 4. The highest BCUT2D eigenvalue weighted by Crippen LogP contribution is 2.26. The second kappa shape index (κ2) is 4.91. The molecule has 2 aromatic heterocycles. The van der Waals surface area contributed by atoms with Crippen LogP contribution in [-0.4, -0.2) is 46.4 Å². The lowest BCUT2D eigenvalue weighted by Gasteiger charge is -2.17. The highest BCUT2D eigenvalue weighted by Gasteiger charge is 2.38. The Labute approximate surface area is 127 Å². The van der Waals surface area contributed by atoms with Crippen molar-refractivity contribution in [1.29, 1.82) is 0 Å². The minimum absolute atomic E-state index is 0.163. The summed E-state index contributed by atoms with van der Waals surface area (Å²) in [6.07, 6.45) is 3.14. The first-order valence-electron chi connectivity index (χ1n) is 7.61. The third kappa shape index (κ3) is 2.02. The van der Waals surface area contributed by atoms with Gasteiger partial charge in [-0.2, -0.15) is 0 Å². The smallest absolute Gasteiger partial charge is 0.270 e. The van der Waals surface area contributed by atoms with E-state index in [1.807, 2.05) is 13.0 Å². The van der Waals surface area contributed by atoms with Gasteiger partial charge < -0.3 is 10.2 Å². The van der Waals surface area contributed by atoms with Crippen molar-refractivity contribution in [3.8, 4) is 0 Å². The quantitative estimate of drug-likeness (QED) is 0.822. The Morgan fingerprint density at radius 2 is 2.00 bits per heavy atom. The van der Waals surface area contributed by atoms with Crippen molar-refractivity contribution in [2.75, 3.05) is 26.2 Å². The molecule has 1 amide bonds. The number of rotatable bonds is 1. The summed E-state index contributed by atoms with van der Waals surface area (Å²) in [5, 5.41) is 3.35. The molecule has 22 heavy (non-hydrogen) atoms. The largest absolute Gasteiger partial charge is 0.338 e. The Kier molecular flexibility index (Phi) is 3.00. The molecule has 114 valence electrons. The van der Waals surface area contributed by atoms with Crippen molar-refractivity contribution in [1.82, 2.24) is 19.6 Å². The van der Waals surface area contributed by atoms with Gasteiger partial charge in [-0.1, -0.05) is 6.07 Å². The molecule has 0 unspecified atom stereocenters. The maximum Gasteiger partial charge on any atom is 0.270 e. The van der Waals surface area contributed by atoms with Crippen molar-refractivity contribution < 1.29 is 4.79 Å². The summed E-state index contributed by atoms with van der Waals surface area (Å²) < 4.78 is 1.46. The first kappa shape index (κ1) is 13.5. The number of nitrogens with one attached hydrogen (secondary N) is 1. The Balaban J connectivity index is 1.70. The van der Waals surface area contributed by atoms with Crippen LogP contribution < -0.4 is 10.9 Å². The van der Waals surface area contributed by atoms with Crippen LogP contribution in [0.4, 0.5) is 0 Å². The molecule has 2 saturated heterocycles. The molecule has 2 atom stereocenters. The SMILES string of the molecule is Cc1ccc2ncc(C(=O)N3C[C@H]4CNC[C@H]4C3)c(=O)n2c1. The Morgan fingerprint density at radius 1 is 1.27 bits per heavy atom. The van der Waals surface area contributed by atoms with Gasteiger partial charge in [0.1, 0.15) is 11.2 Å². The second-order valence-electron chi connectivity index (χ2n) is 6.30. The summed E-state index contributed by atoms with van der Waals surface area (Å²) in [6, 6.07) is 3.69. The number of hydrogen-bond donors (Lipinski definition) is 1. The summed E-state index contributed by atoms with van der Waals surface area (Å²) in [7, 11) is 0. The fraction of sp³-hybridized carbons (Fsp3) is 0.438. The average Bonchev–Trinajstić information content (AvgIpc) is 3.09. The van der Waals surface area contributed by atoms with Gasteiger partial charge in [0.05, 0.1) is 0 Å². The zero-order valence-electron chi connectivity index (χ0n) is 12.5. The topological polar surface area (TPSA) is 66.7 Å². The molecule has 0 spiro atoms. The van der Waals surface area contributed by atoms with Crippen molar-refractivity contribution in [3.05, 3.63) is 46.0 Å². The molecule has 1 N–H and O–H groups in total. The maximum atomic E-state index is 12.7. The number of pyridine rings is 1. The summed E-state index contributed by atoms with van der Waals surface area (Å²) >= 11 is 0. The Bertz CT molecular complexity index is 801. The zero-order chi connectivity index (χ0) is 15.3. The van der Waals surface area contributed by atoms with Crippen LogP contribution >= 0.6 is 0 Å². The molecule has 2 aliphatic heterocycles. The standard InChI is InChI=1S/C16H18N4O2/c1-10-2-3-14-18-6-13(16(22)20(14)7-10)15(21)19-8-11-4-17-5-12(11)9-19/h2-3,6-7,11-12,17H,4-5,8-9H2,1H3/t11-,12+. The van der Waals surface area contributed by atoms with E-state index in [0.29, 0.717) is 17.5 Å². The van der Waals surface area contributed by atoms with Crippen LogP contribution in [0.15, 0.2) is 29.3 Å². The molecule has 0 aliphatic carbocycles. The number of likely N-dealkylation sites (tertiary alicyclic amines) is 1. The summed E-state index contributed by atoms with van der Waals surface area (Å²) in [4.78, 5) is 31.3. The molecular weight excluding hydrogens is 280 g/mol. The zero-order valence-corrected chi connectivity index (χ0v) is 12.5. The molecule has 0 bridgehead atoms. The van der Waals surface area contributed by atoms with Gasteiger partial charge in [-0.15, -0.1) is 0 Å². The summed E-state index contributed by atoms with van der Waals surface area (Å²) in [5.74, 6) is 0.840. The first-order chi connectivity index (χ1) is 10.6. The van der Waals surface area contributed by atoms with Crippen LogP contribution in [0, 0.1) is 18.8 Å². The molecular formula is C16H18N4O2. The van der Waals surface area contributed by atoms with E-state index in [2.05, 4.69) is 10.3 Å². The van der Waals surface area contributed by atoms with Gasteiger partial charge in [0, 0.05) is 38.6 Å². The number of nitrogens with zero attached hydrogens (tertiary/aromatic N) is 3. The number of fused-ring (bicyclic) bond motifs is 2. The average molecular weight is 298 g/mol.